The van der Waals surface area contributed by atoms with Gasteiger partial charge in [-0.3, -0.25) is 28.8 Å². The summed E-state index contributed by atoms with van der Waals surface area (Å²) in [6, 6.07) is 59.4. The number of benzene rings is 6. The summed E-state index contributed by atoms with van der Waals surface area (Å²) in [6.07, 6.45) is 24.9. The molecule has 762 valence electrons. The van der Waals surface area contributed by atoms with E-state index < -0.39 is 5.41 Å². The predicted octanol–water partition coefficient (Wildman–Crippen LogP) is 31.9. The summed E-state index contributed by atoms with van der Waals surface area (Å²) in [7, 11) is 0. The number of thiazole rings is 6. The van der Waals surface area contributed by atoms with Crippen molar-refractivity contribution in [2.24, 2.45) is 34.0 Å². The van der Waals surface area contributed by atoms with Gasteiger partial charge in [0, 0.05) is 144 Å². The van der Waals surface area contributed by atoms with Crippen LogP contribution in [0.5, 0.6) is 0 Å². The van der Waals surface area contributed by atoms with Gasteiger partial charge in [0.15, 0.2) is 34.7 Å². The molecule has 0 saturated heterocycles. The second kappa shape index (κ2) is 42.7. The number of ketones is 6. The number of aryl methyl sites for hydroxylation is 1. The summed E-state index contributed by atoms with van der Waals surface area (Å²) in [5, 5.41) is 0. The maximum atomic E-state index is 13.4. The molecule has 19 heteroatoms. The lowest BCUT2D eigenvalue weighted by Crippen LogP contribution is -2.42. The first-order valence-corrected chi connectivity index (χ1v) is 59.9. The quantitative estimate of drug-likeness (QED) is 0.0895. The number of aromatic nitrogens is 6. The summed E-state index contributed by atoms with van der Waals surface area (Å²) in [5.41, 5.74) is 38.1. The van der Waals surface area contributed by atoms with Gasteiger partial charge in [-0.15, -0.1) is 68.0 Å². The fourth-order valence-corrected chi connectivity index (χ4v) is 35.7. The van der Waals surface area contributed by atoms with Gasteiger partial charge >= 0.3 is 0 Å². The van der Waals surface area contributed by atoms with Gasteiger partial charge in [0.25, 0.3) is 0 Å². The molecular formula is C128H141BrN6O6S6. The van der Waals surface area contributed by atoms with Gasteiger partial charge in [0.05, 0.1) is 101 Å². The van der Waals surface area contributed by atoms with Crippen LogP contribution in [0.4, 0.5) is 0 Å². The number of halogens is 1. The van der Waals surface area contributed by atoms with E-state index in [0.717, 1.165) is 207 Å². The van der Waals surface area contributed by atoms with Gasteiger partial charge in [0.1, 0.15) is 0 Å². The van der Waals surface area contributed by atoms with Crippen LogP contribution in [0.15, 0.2) is 274 Å². The summed E-state index contributed by atoms with van der Waals surface area (Å²) in [4.78, 5) is 115. The molecular weight excluding hydrogens is 1990 g/mol. The number of fused-ring (bicyclic) bond motifs is 6. The van der Waals surface area contributed by atoms with Crippen LogP contribution in [0.3, 0.4) is 0 Å². The van der Waals surface area contributed by atoms with E-state index in [4.69, 9.17) is 6.35 Å². The van der Waals surface area contributed by atoms with Crippen LogP contribution in [-0.4, -0.2) is 64.6 Å². The van der Waals surface area contributed by atoms with Crippen LogP contribution in [0, 0.1) is 40.9 Å². The van der Waals surface area contributed by atoms with Gasteiger partial charge in [-0.2, -0.15) is 0 Å². The van der Waals surface area contributed by atoms with Crippen molar-refractivity contribution in [2.45, 2.75) is 323 Å². The van der Waals surface area contributed by atoms with Crippen molar-refractivity contribution < 1.29 is 30.1 Å². The summed E-state index contributed by atoms with van der Waals surface area (Å²) in [6.45, 7) is 35.3. The molecule has 0 radical (unpaired) electrons. The van der Waals surface area contributed by atoms with E-state index in [1.165, 1.54) is 125 Å². The zero-order valence-corrected chi connectivity index (χ0v) is 95.0. The minimum Gasteiger partial charge on any atom is -0.295 e. The Kier molecular flexibility index (Phi) is 30.3. The maximum absolute atomic E-state index is 13.4. The van der Waals surface area contributed by atoms with E-state index in [-0.39, 0.29) is 49.1 Å². The molecule has 12 nitrogen and oxygen atoms in total. The van der Waals surface area contributed by atoms with Crippen LogP contribution in [0.25, 0.3) is 0 Å². The number of hydrogen-bond acceptors (Lipinski definition) is 18. The Hall–Kier alpha value is -9.96. The van der Waals surface area contributed by atoms with Gasteiger partial charge in [-0.1, -0.05) is 323 Å². The minimum atomic E-state index is -0.436. The van der Waals surface area contributed by atoms with Crippen molar-refractivity contribution in [1.29, 1.82) is 0 Å². The van der Waals surface area contributed by atoms with E-state index in [9.17, 15) is 28.8 Å². The smallest absolute Gasteiger partial charge is 0.160 e. The molecule has 0 bridgehead atoms. The topological polar surface area (TPSA) is 180 Å². The Balaban J connectivity index is 0.000000112. The number of rotatable bonds is 16. The SMILES string of the molecule is CCCC1CC(=O)C2=C(Cc3ncsc3[C@@]2(CC)c2ccccc2)C1.CC[C@]1(c2ccc(C)cc2)C2=C(Cc3ncsc31)CC(C)(C)CC2=O.CC[C@]1(c2cccc(Br)c2)C2=C(Cc3ncsc31)CC(C)(C)CC2=O.CC[C@]1(c2ccccc2)C2=C(CCCC2=O)Cc2ncsc21.CC[C@]1(c2ccccc2)C2=C(Cc3ncsc31)CC(CC(C)C)CC2=O.[2H]c1nc2c(s1)[C@@](CC)(c1ccccc1)C1=C(C2)CC(C)(C)CC1=O. The largest absolute Gasteiger partial charge is 0.295 e. The highest BCUT2D eigenvalue weighted by Gasteiger charge is 2.57. The molecule has 12 aromatic rings. The molecule has 0 saturated carbocycles. The second-order valence-corrected chi connectivity index (χ2v) is 51.9. The highest BCUT2D eigenvalue weighted by Crippen LogP contribution is 2.63. The molecule has 6 heterocycles. The Labute approximate surface area is 904 Å². The number of Topliss-reactive ketones (excluding diaryl/α,β-unsaturated/α-hetero) is 6. The van der Waals surface area contributed by atoms with Crippen molar-refractivity contribution in [3.05, 3.63) is 377 Å². The second-order valence-electron chi connectivity index (χ2n) is 46.0. The monoisotopic (exact) mass is 2130 g/mol. The van der Waals surface area contributed by atoms with Crippen molar-refractivity contribution in [1.82, 2.24) is 29.9 Å². The fraction of sp³-hybridized carbons (Fsp3) is 0.438. The maximum Gasteiger partial charge on any atom is 0.160 e. The first kappa shape index (κ1) is 104. The Bertz CT molecular complexity index is 7280. The molecule has 0 fully saturated rings. The predicted molar refractivity (Wildman–Crippen MR) is 607 cm³/mol. The third-order valence-corrected chi connectivity index (χ3v) is 40.9. The van der Waals surface area contributed by atoms with Gasteiger partial charge in [-0.05, 0) is 183 Å². The lowest BCUT2D eigenvalue weighted by atomic mass is 9.59. The van der Waals surface area contributed by atoms with Crippen LogP contribution >= 0.6 is 84.0 Å². The molecule has 12 aliphatic rings. The molecule has 0 spiro atoms. The first-order chi connectivity index (χ1) is 71.1. The van der Waals surface area contributed by atoms with Crippen molar-refractivity contribution in [2.75, 3.05) is 0 Å². The van der Waals surface area contributed by atoms with E-state index >= 15 is 0 Å². The Morgan fingerprint density at radius 2 is 0.626 bits per heavy atom. The number of carbonyl (C=O) groups is 6. The third kappa shape index (κ3) is 19.0. The third-order valence-electron chi connectivity index (χ3n) is 34.3. The number of carbonyl (C=O) groups excluding carboxylic acids is 6. The van der Waals surface area contributed by atoms with Gasteiger partial charge in [-0.25, -0.2) is 29.9 Å². The standard InChI is InChI=1S/C23H27NOS.2C22H25NOS.C21H22BrNOS.C21H23NOS.C19H19NOS/c1-4-23(18-8-6-5-7-9-18)21-17(13-19-22(23)26-14-24-19)11-16(10-15(2)3)12-20(21)25;1-5-22(16-8-6-14(2)7-9-16)19-15(10-17-20(22)25-13-23-17)11-21(3,4)12-18(19)24;1-3-8-15-11-16-13-18-21(25-14-23-18)22(4-2,20(16)19(24)12-15)17-9-6-5-7-10-17;1-4-21(14-6-5-7-15(22)9-14)18-13(8-16-19(21)25-12-23-16)10-20(2,3)11-17(18)24;1-4-21(15-8-6-5-7-9-15)18-14(10-16-19(21)24-13-22-16)11-20(2,3)12-17(18)23;1-2-19(14-8-4-3-5-9-14)17-13(7-6-10-16(17)21)11-15-18(19)22-12-20-15/h5-9,14-16H,4,10-13H2,1-3H3;6-9,13H,5,10-12H2,1-4H3;5-7,9-10,14-15H,3-4,8,11-13H2,1-2H3;5-7,9,12H,4,8,10-11H2,1-3H3;5-9,13H,4,10-12H2,1-3H3;3-5,8-9,12H,2,6-7,10-11H2,1H3/t16?,23-;22-;15?,22-;2*21-;19-/m000000/s1/i;;;;13D;. The van der Waals surface area contributed by atoms with Crippen LogP contribution < -0.4 is 0 Å². The van der Waals surface area contributed by atoms with Crippen molar-refractivity contribution >= 4 is 119 Å². The van der Waals surface area contributed by atoms with Crippen LogP contribution in [0.2, 0.25) is 0 Å². The highest BCUT2D eigenvalue weighted by atomic mass is 79.9. The fourth-order valence-electron chi connectivity index (χ4n) is 28.7. The van der Waals surface area contributed by atoms with E-state index in [2.05, 4.69) is 291 Å². The van der Waals surface area contributed by atoms with Crippen LogP contribution in [0.1, 0.15) is 349 Å². The summed E-state index contributed by atoms with van der Waals surface area (Å²) >= 11 is 13.6. The average molecular weight is 2130 g/mol. The number of allylic oxidation sites excluding steroid dienone is 12. The number of hydrogen-bond donors (Lipinski definition) is 0. The molecule has 6 aromatic heterocycles. The Morgan fingerprint density at radius 3 is 0.973 bits per heavy atom. The normalized spacial score (nSPS) is 25.2. The van der Waals surface area contributed by atoms with Gasteiger partial charge in [0.2, 0.25) is 0 Å². The molecule has 12 aliphatic carbocycles. The number of nitrogens with zero attached hydrogens (tertiary/aromatic N) is 6. The molecule has 0 aliphatic heterocycles. The molecule has 0 N–H and O–H groups in total. The van der Waals surface area contributed by atoms with E-state index in [0.29, 0.717) is 84.3 Å². The zero-order valence-electron chi connectivity index (χ0n) is 89.5. The summed E-state index contributed by atoms with van der Waals surface area (Å²) < 4.78 is 9.15. The van der Waals surface area contributed by atoms with Crippen molar-refractivity contribution in [3.63, 3.8) is 0 Å². The van der Waals surface area contributed by atoms with Crippen molar-refractivity contribution in [3.8, 4) is 0 Å². The zero-order chi connectivity index (χ0) is 104. The van der Waals surface area contributed by atoms with Gasteiger partial charge < -0.3 is 0 Å². The van der Waals surface area contributed by atoms with Crippen LogP contribution in [-0.2, 0) is 99.8 Å². The minimum absolute atomic E-state index is 0.00338. The molecule has 0 amide bonds. The molecule has 2 unspecified atom stereocenters. The van der Waals surface area contributed by atoms with E-state index in [1.807, 2.05) is 57.9 Å². The highest BCUT2D eigenvalue weighted by molar-refractivity contribution is 9.10. The first-order valence-electron chi connectivity index (χ1n) is 54.4. The molecule has 8 atom stereocenters. The molecule has 24 rings (SSSR count). The lowest BCUT2D eigenvalue weighted by molar-refractivity contribution is -0.119. The molecule has 147 heavy (non-hydrogen) atoms. The summed E-state index contributed by atoms with van der Waals surface area (Å²) in [5.74, 6) is 3.70. The van der Waals surface area contributed by atoms with E-state index in [1.54, 1.807) is 56.7 Å². The average Bonchev–Trinajstić information content (AvgIpc) is 1.34. The molecule has 6 aromatic carbocycles. The Morgan fingerprint density at radius 1 is 0.327 bits per heavy atom. The lowest BCUT2D eigenvalue weighted by Gasteiger charge is -2.44.